The van der Waals surface area contributed by atoms with Crippen LogP contribution in [0.25, 0.3) is 0 Å². The van der Waals surface area contributed by atoms with Gasteiger partial charge in [0.1, 0.15) is 4.90 Å². The molecule has 0 bridgehead atoms. The second-order valence-electron chi connectivity index (χ2n) is 3.97. The summed E-state index contributed by atoms with van der Waals surface area (Å²) in [5, 5.41) is 0. The van der Waals surface area contributed by atoms with Gasteiger partial charge in [-0.25, -0.2) is 13.2 Å². The number of primary amides is 1. The topological polar surface area (TPSA) is 133 Å². The van der Waals surface area contributed by atoms with Crippen LogP contribution in [-0.4, -0.2) is 45.3 Å². The largest absolute Gasteiger partial charge is 0.465 e. The van der Waals surface area contributed by atoms with Gasteiger partial charge in [0.15, 0.2) is 0 Å². The van der Waals surface area contributed by atoms with Crippen LogP contribution >= 0.6 is 0 Å². The van der Waals surface area contributed by atoms with Gasteiger partial charge in [-0.15, -0.1) is 0 Å². The van der Waals surface area contributed by atoms with Crippen molar-refractivity contribution >= 4 is 27.6 Å². The molecule has 1 aromatic rings. The number of amides is 1. The summed E-state index contributed by atoms with van der Waals surface area (Å²) >= 11 is 0. The molecule has 1 aromatic carbocycles. The molecule has 20 heavy (non-hydrogen) atoms. The molecule has 0 aliphatic carbocycles. The summed E-state index contributed by atoms with van der Waals surface area (Å²) in [7, 11) is -1.56. The molecule has 0 saturated carbocycles. The quantitative estimate of drug-likeness (QED) is 0.538. The van der Waals surface area contributed by atoms with Crippen molar-refractivity contribution in [1.82, 2.24) is 4.31 Å². The number of carbonyl (C=O) groups excluding carboxylic acids is 2. The summed E-state index contributed by atoms with van der Waals surface area (Å²) in [5.41, 5.74) is 10.6. The average Bonchev–Trinajstić information content (AvgIpc) is 2.36. The van der Waals surface area contributed by atoms with Crippen molar-refractivity contribution in [3.05, 3.63) is 23.8 Å². The normalized spacial score (nSPS) is 11.3. The van der Waals surface area contributed by atoms with Crippen molar-refractivity contribution in [3.63, 3.8) is 0 Å². The number of hydrogen-bond acceptors (Lipinski definition) is 6. The molecule has 1 rings (SSSR count). The lowest BCUT2D eigenvalue weighted by Crippen LogP contribution is -2.35. The molecular weight excluding hydrogens is 286 g/mol. The van der Waals surface area contributed by atoms with E-state index in [1.165, 1.54) is 32.4 Å². The highest BCUT2D eigenvalue weighted by molar-refractivity contribution is 7.89. The number of anilines is 1. The second-order valence-corrected chi connectivity index (χ2v) is 5.98. The zero-order chi connectivity index (χ0) is 15.5. The van der Waals surface area contributed by atoms with Gasteiger partial charge in [0.05, 0.1) is 24.9 Å². The standard InChI is InChI=1S/C11H15N3O5S/c1-14(6-10(13)15)20(17,18)9-4-3-7(5-8(9)12)11(16)19-2/h3-5H,6,12H2,1-2H3,(H2,13,15). The highest BCUT2D eigenvalue weighted by Gasteiger charge is 2.25. The molecule has 0 aromatic heterocycles. The maximum atomic E-state index is 12.2. The number of hydrogen-bond donors (Lipinski definition) is 2. The molecule has 0 atom stereocenters. The maximum Gasteiger partial charge on any atom is 0.337 e. The van der Waals surface area contributed by atoms with E-state index < -0.39 is 28.4 Å². The Hall–Kier alpha value is -2.13. The molecule has 1 amide bonds. The monoisotopic (exact) mass is 301 g/mol. The Morgan fingerprint density at radius 3 is 2.40 bits per heavy atom. The summed E-state index contributed by atoms with van der Waals surface area (Å²) in [6.45, 7) is -0.472. The molecule has 0 unspecified atom stereocenters. The first kappa shape index (κ1) is 15.9. The molecule has 0 heterocycles. The van der Waals surface area contributed by atoms with Crippen LogP contribution in [0.15, 0.2) is 23.1 Å². The van der Waals surface area contributed by atoms with E-state index in [2.05, 4.69) is 4.74 Å². The number of sulfonamides is 1. The molecule has 0 radical (unpaired) electrons. The van der Waals surface area contributed by atoms with E-state index in [1.54, 1.807) is 0 Å². The number of carbonyl (C=O) groups is 2. The summed E-state index contributed by atoms with van der Waals surface area (Å²) in [4.78, 5) is 21.9. The van der Waals surface area contributed by atoms with Crippen molar-refractivity contribution in [1.29, 1.82) is 0 Å². The average molecular weight is 301 g/mol. The lowest BCUT2D eigenvalue weighted by Gasteiger charge is -2.17. The van der Waals surface area contributed by atoms with E-state index in [0.717, 1.165) is 4.31 Å². The number of nitrogen functional groups attached to an aromatic ring is 1. The first-order valence-corrected chi connectivity index (χ1v) is 6.86. The number of methoxy groups -OCH3 is 1. The Morgan fingerprint density at radius 2 is 1.95 bits per heavy atom. The fourth-order valence-corrected chi connectivity index (χ4v) is 2.73. The smallest absolute Gasteiger partial charge is 0.337 e. The summed E-state index contributed by atoms with van der Waals surface area (Å²) in [5.74, 6) is -1.42. The minimum absolute atomic E-state index is 0.121. The van der Waals surface area contributed by atoms with Crippen LogP contribution in [0.4, 0.5) is 5.69 Å². The van der Waals surface area contributed by atoms with Crippen molar-refractivity contribution in [2.24, 2.45) is 5.73 Å². The lowest BCUT2D eigenvalue weighted by atomic mass is 10.2. The molecule has 4 N–H and O–H groups in total. The Kier molecular flexibility index (Phi) is 4.69. The Bertz CT molecular complexity index is 641. The van der Waals surface area contributed by atoms with E-state index in [1.807, 2.05) is 0 Å². The van der Waals surface area contributed by atoms with E-state index in [4.69, 9.17) is 11.5 Å². The summed E-state index contributed by atoms with van der Waals surface area (Å²) < 4.78 is 29.6. The number of rotatable bonds is 5. The third-order valence-corrected chi connectivity index (χ3v) is 4.37. The van der Waals surface area contributed by atoms with Gasteiger partial charge in [0.2, 0.25) is 15.9 Å². The Labute approximate surface area is 116 Å². The fourth-order valence-electron chi connectivity index (χ4n) is 1.50. The minimum atomic E-state index is -3.96. The fraction of sp³-hybridized carbons (Fsp3) is 0.273. The second kappa shape index (κ2) is 5.88. The van der Waals surface area contributed by atoms with Crippen LogP contribution in [0.3, 0.4) is 0 Å². The number of nitrogens with two attached hydrogens (primary N) is 2. The van der Waals surface area contributed by atoms with Crippen molar-refractivity contribution < 1.29 is 22.7 Å². The third-order valence-electron chi connectivity index (χ3n) is 2.50. The number of ether oxygens (including phenoxy) is 1. The molecule has 0 aliphatic rings. The lowest BCUT2D eigenvalue weighted by molar-refractivity contribution is -0.118. The van der Waals surface area contributed by atoms with Crippen molar-refractivity contribution in [2.45, 2.75) is 4.90 Å². The van der Waals surface area contributed by atoms with E-state index >= 15 is 0 Å². The van der Waals surface area contributed by atoms with Crippen LogP contribution in [0.1, 0.15) is 10.4 Å². The van der Waals surface area contributed by atoms with Gasteiger partial charge in [-0.3, -0.25) is 4.79 Å². The molecule has 8 nitrogen and oxygen atoms in total. The predicted octanol–water partition coefficient (Wildman–Crippen LogP) is -0.839. The van der Waals surface area contributed by atoms with Crippen LogP contribution in [-0.2, 0) is 19.6 Å². The Morgan fingerprint density at radius 1 is 1.35 bits per heavy atom. The van der Waals surface area contributed by atoms with E-state index in [9.17, 15) is 18.0 Å². The van der Waals surface area contributed by atoms with Gasteiger partial charge >= 0.3 is 5.97 Å². The van der Waals surface area contributed by atoms with Gasteiger partial charge in [-0.05, 0) is 18.2 Å². The summed E-state index contributed by atoms with van der Waals surface area (Å²) in [6.07, 6.45) is 0. The SMILES string of the molecule is COC(=O)c1ccc(S(=O)(=O)N(C)CC(N)=O)c(N)c1. The van der Waals surface area contributed by atoms with Gasteiger partial charge in [0.25, 0.3) is 0 Å². The number of benzene rings is 1. The maximum absolute atomic E-state index is 12.2. The zero-order valence-electron chi connectivity index (χ0n) is 11.0. The highest BCUT2D eigenvalue weighted by atomic mass is 32.2. The van der Waals surface area contributed by atoms with Gasteiger partial charge in [-0.2, -0.15) is 4.31 Å². The summed E-state index contributed by atoms with van der Waals surface area (Å²) in [6, 6.07) is 3.64. The van der Waals surface area contributed by atoms with Gasteiger partial charge in [0, 0.05) is 7.05 Å². The molecule has 0 fully saturated rings. The van der Waals surface area contributed by atoms with Crippen molar-refractivity contribution in [2.75, 3.05) is 26.4 Å². The Balaban J connectivity index is 3.20. The predicted molar refractivity (Wildman–Crippen MR) is 71.2 cm³/mol. The van der Waals surface area contributed by atoms with Gasteiger partial charge in [-0.1, -0.05) is 0 Å². The third kappa shape index (κ3) is 3.25. The number of nitrogens with zero attached hydrogens (tertiary/aromatic N) is 1. The van der Waals surface area contributed by atoms with Crippen molar-refractivity contribution in [3.8, 4) is 0 Å². The molecule has 0 saturated heterocycles. The zero-order valence-corrected chi connectivity index (χ0v) is 11.8. The molecule has 0 spiro atoms. The van der Waals surface area contributed by atoms with Gasteiger partial charge < -0.3 is 16.2 Å². The van der Waals surface area contributed by atoms with Crippen LogP contribution < -0.4 is 11.5 Å². The van der Waals surface area contributed by atoms with Crippen LogP contribution in [0.5, 0.6) is 0 Å². The number of esters is 1. The molecule has 0 aliphatic heterocycles. The minimum Gasteiger partial charge on any atom is -0.465 e. The molecule has 110 valence electrons. The molecular formula is C11H15N3O5S. The van der Waals surface area contributed by atoms with Crippen LogP contribution in [0, 0.1) is 0 Å². The van der Waals surface area contributed by atoms with Crippen LogP contribution in [0.2, 0.25) is 0 Å². The first-order valence-electron chi connectivity index (χ1n) is 5.42. The first-order chi connectivity index (χ1) is 9.20. The highest BCUT2D eigenvalue weighted by Crippen LogP contribution is 2.23. The van der Waals surface area contributed by atoms with E-state index in [0.29, 0.717) is 0 Å². The van der Waals surface area contributed by atoms with E-state index in [-0.39, 0.29) is 16.1 Å². The number of likely N-dealkylation sites (N-methyl/N-ethyl adjacent to an activating group) is 1. The molecule has 9 heteroatoms.